The van der Waals surface area contributed by atoms with Gasteiger partial charge in [0, 0.05) is 0 Å². The standard InChI is InChI=1S/C12H16O4S/c1-9(8-12(13)14)17(15,16)10(2)11-6-4-3-5-7-11/h3-7,9-10H,8H2,1-2H3,(H,13,14). The summed E-state index contributed by atoms with van der Waals surface area (Å²) in [7, 11) is -3.47. The van der Waals surface area contributed by atoms with E-state index in [2.05, 4.69) is 0 Å². The molecule has 1 aromatic carbocycles. The summed E-state index contributed by atoms with van der Waals surface area (Å²) in [4.78, 5) is 10.6. The summed E-state index contributed by atoms with van der Waals surface area (Å²) in [5.41, 5.74) is 0.685. The van der Waals surface area contributed by atoms with Gasteiger partial charge in [0.05, 0.1) is 16.9 Å². The fourth-order valence-corrected chi connectivity index (χ4v) is 3.23. The molecule has 0 heterocycles. The van der Waals surface area contributed by atoms with E-state index >= 15 is 0 Å². The van der Waals surface area contributed by atoms with E-state index in [0.717, 1.165) is 0 Å². The molecular weight excluding hydrogens is 240 g/mol. The molecule has 4 nitrogen and oxygen atoms in total. The van der Waals surface area contributed by atoms with Crippen LogP contribution in [-0.2, 0) is 14.6 Å². The number of carbonyl (C=O) groups is 1. The van der Waals surface area contributed by atoms with Crippen molar-refractivity contribution in [2.75, 3.05) is 0 Å². The van der Waals surface area contributed by atoms with Gasteiger partial charge in [0.1, 0.15) is 0 Å². The molecule has 0 radical (unpaired) electrons. The quantitative estimate of drug-likeness (QED) is 0.875. The minimum absolute atomic E-state index is 0.362. The predicted molar refractivity (Wildman–Crippen MR) is 65.5 cm³/mol. The van der Waals surface area contributed by atoms with Crippen LogP contribution in [0.1, 0.15) is 31.1 Å². The van der Waals surface area contributed by atoms with Crippen LogP contribution in [0.25, 0.3) is 0 Å². The van der Waals surface area contributed by atoms with Crippen molar-refractivity contribution >= 4 is 15.8 Å². The summed E-state index contributed by atoms with van der Waals surface area (Å²) in [6.07, 6.45) is -0.362. The van der Waals surface area contributed by atoms with Crippen molar-refractivity contribution in [3.8, 4) is 0 Å². The lowest BCUT2D eigenvalue weighted by Crippen LogP contribution is -2.25. The lowest BCUT2D eigenvalue weighted by Gasteiger charge is -2.17. The van der Waals surface area contributed by atoms with Crippen molar-refractivity contribution in [1.82, 2.24) is 0 Å². The first kappa shape index (κ1) is 13.7. The maximum atomic E-state index is 12.1. The fourth-order valence-electron chi connectivity index (χ4n) is 1.62. The molecule has 0 saturated heterocycles. The summed E-state index contributed by atoms with van der Waals surface area (Å²) in [6, 6.07) is 8.81. The molecule has 2 unspecified atom stereocenters. The largest absolute Gasteiger partial charge is 0.481 e. The van der Waals surface area contributed by atoms with E-state index < -0.39 is 26.3 Å². The Bertz CT molecular complexity index is 478. The van der Waals surface area contributed by atoms with Crippen LogP contribution in [0.3, 0.4) is 0 Å². The zero-order valence-corrected chi connectivity index (χ0v) is 10.6. The Morgan fingerprint density at radius 1 is 1.24 bits per heavy atom. The van der Waals surface area contributed by atoms with Crippen molar-refractivity contribution < 1.29 is 18.3 Å². The van der Waals surface area contributed by atoms with Gasteiger partial charge in [-0.05, 0) is 19.4 Å². The molecule has 0 amide bonds. The van der Waals surface area contributed by atoms with Gasteiger partial charge in [-0.2, -0.15) is 0 Å². The van der Waals surface area contributed by atoms with Gasteiger partial charge in [0.2, 0.25) is 0 Å². The Labute approximate surface area is 101 Å². The Hall–Kier alpha value is -1.36. The molecule has 0 spiro atoms. The average Bonchev–Trinajstić information content (AvgIpc) is 2.28. The molecule has 2 atom stereocenters. The van der Waals surface area contributed by atoms with E-state index in [4.69, 9.17) is 5.11 Å². The Balaban J connectivity index is 2.95. The number of carboxylic acids is 1. The molecule has 0 aliphatic rings. The van der Waals surface area contributed by atoms with Crippen molar-refractivity contribution in [3.05, 3.63) is 35.9 Å². The van der Waals surface area contributed by atoms with Gasteiger partial charge in [0.15, 0.2) is 9.84 Å². The Kier molecular flexibility index (Phi) is 4.28. The molecule has 1 aromatic rings. The minimum atomic E-state index is -3.47. The molecule has 1 rings (SSSR count). The maximum absolute atomic E-state index is 12.1. The monoisotopic (exact) mass is 256 g/mol. The van der Waals surface area contributed by atoms with Gasteiger partial charge in [-0.15, -0.1) is 0 Å². The van der Waals surface area contributed by atoms with Gasteiger partial charge < -0.3 is 5.11 Å². The third-order valence-corrected chi connectivity index (χ3v) is 5.33. The highest BCUT2D eigenvalue weighted by atomic mass is 32.2. The third kappa shape index (κ3) is 3.30. The predicted octanol–water partition coefficient (Wildman–Crippen LogP) is 2.03. The maximum Gasteiger partial charge on any atom is 0.304 e. The van der Waals surface area contributed by atoms with E-state index in [1.54, 1.807) is 31.2 Å². The van der Waals surface area contributed by atoms with Crippen LogP contribution in [0.2, 0.25) is 0 Å². The van der Waals surface area contributed by atoms with E-state index in [-0.39, 0.29) is 6.42 Å². The smallest absolute Gasteiger partial charge is 0.304 e. The number of rotatable bonds is 5. The molecule has 0 aliphatic carbocycles. The van der Waals surface area contributed by atoms with E-state index in [0.29, 0.717) is 5.56 Å². The second-order valence-corrected chi connectivity index (χ2v) is 6.74. The van der Waals surface area contributed by atoms with E-state index in [1.807, 2.05) is 6.07 Å². The molecule has 0 bridgehead atoms. The zero-order valence-electron chi connectivity index (χ0n) is 9.83. The fraction of sp³-hybridized carbons (Fsp3) is 0.417. The van der Waals surface area contributed by atoms with Gasteiger partial charge in [-0.25, -0.2) is 8.42 Å². The van der Waals surface area contributed by atoms with Crippen LogP contribution in [0, 0.1) is 0 Å². The summed E-state index contributed by atoms with van der Waals surface area (Å²) in [6.45, 7) is 3.02. The van der Waals surface area contributed by atoms with Crippen LogP contribution in [-0.4, -0.2) is 24.7 Å². The molecule has 5 heteroatoms. The number of benzene rings is 1. The van der Waals surface area contributed by atoms with E-state index in [9.17, 15) is 13.2 Å². The number of hydrogen-bond donors (Lipinski definition) is 1. The molecule has 1 N–H and O–H groups in total. The summed E-state index contributed by atoms with van der Waals surface area (Å²) >= 11 is 0. The molecule has 0 fully saturated rings. The minimum Gasteiger partial charge on any atom is -0.481 e. The van der Waals surface area contributed by atoms with Crippen LogP contribution < -0.4 is 0 Å². The summed E-state index contributed by atoms with van der Waals surface area (Å²) in [5, 5.41) is 7.07. The van der Waals surface area contributed by atoms with Crippen molar-refractivity contribution in [2.24, 2.45) is 0 Å². The first-order valence-electron chi connectivity index (χ1n) is 5.35. The Morgan fingerprint density at radius 2 is 1.76 bits per heavy atom. The lowest BCUT2D eigenvalue weighted by molar-refractivity contribution is -0.136. The second kappa shape index (κ2) is 5.31. The summed E-state index contributed by atoms with van der Waals surface area (Å²) < 4.78 is 24.2. The van der Waals surface area contributed by atoms with Crippen LogP contribution >= 0.6 is 0 Å². The number of hydrogen-bond acceptors (Lipinski definition) is 3. The highest BCUT2D eigenvalue weighted by Gasteiger charge is 2.30. The topological polar surface area (TPSA) is 71.4 Å². The number of carboxylic acid groups (broad SMARTS) is 1. The van der Waals surface area contributed by atoms with E-state index in [1.165, 1.54) is 6.92 Å². The summed E-state index contributed by atoms with van der Waals surface area (Å²) in [5.74, 6) is -1.10. The second-order valence-electron chi connectivity index (χ2n) is 4.05. The Morgan fingerprint density at radius 3 is 2.24 bits per heavy atom. The SMILES string of the molecule is CC(CC(=O)O)S(=O)(=O)C(C)c1ccccc1. The van der Waals surface area contributed by atoms with Crippen LogP contribution in [0.15, 0.2) is 30.3 Å². The third-order valence-electron chi connectivity index (χ3n) is 2.78. The number of sulfone groups is 1. The van der Waals surface area contributed by atoms with Gasteiger partial charge >= 0.3 is 5.97 Å². The van der Waals surface area contributed by atoms with Gasteiger partial charge in [-0.1, -0.05) is 30.3 Å². The molecule has 0 aliphatic heterocycles. The van der Waals surface area contributed by atoms with Crippen LogP contribution in [0.4, 0.5) is 0 Å². The lowest BCUT2D eigenvalue weighted by atomic mass is 10.2. The number of aliphatic carboxylic acids is 1. The zero-order chi connectivity index (χ0) is 13.1. The molecular formula is C12H16O4S. The first-order chi connectivity index (χ1) is 7.85. The van der Waals surface area contributed by atoms with Crippen LogP contribution in [0.5, 0.6) is 0 Å². The van der Waals surface area contributed by atoms with Gasteiger partial charge in [0.25, 0.3) is 0 Å². The highest BCUT2D eigenvalue weighted by Crippen LogP contribution is 2.26. The molecule has 17 heavy (non-hydrogen) atoms. The van der Waals surface area contributed by atoms with Crippen molar-refractivity contribution in [3.63, 3.8) is 0 Å². The first-order valence-corrected chi connectivity index (χ1v) is 6.96. The van der Waals surface area contributed by atoms with Gasteiger partial charge in [-0.3, -0.25) is 4.79 Å². The average molecular weight is 256 g/mol. The molecule has 94 valence electrons. The molecule has 0 aromatic heterocycles. The van der Waals surface area contributed by atoms with Crippen molar-refractivity contribution in [2.45, 2.75) is 30.8 Å². The normalized spacial score (nSPS) is 15.2. The molecule has 0 saturated carbocycles. The highest BCUT2D eigenvalue weighted by molar-refractivity contribution is 7.92. The van der Waals surface area contributed by atoms with Crippen molar-refractivity contribution in [1.29, 1.82) is 0 Å².